The zero-order valence-corrected chi connectivity index (χ0v) is 12.8. The van der Waals surface area contributed by atoms with E-state index in [0.717, 1.165) is 24.4 Å². The topological polar surface area (TPSA) is 51.0 Å². The third kappa shape index (κ3) is 3.00. The molecule has 0 aliphatic heterocycles. The summed E-state index contributed by atoms with van der Waals surface area (Å²) in [4.78, 5) is 4.68. The van der Waals surface area contributed by atoms with Crippen LogP contribution in [0.1, 0.15) is 50.0 Å². The standard InChI is InChI=1S/C17H23N3O/c1-3-18-15-11-7-6-10-14(15)17-19-16(20-21-17)13-9-5-4-8-12(13)2/h4-5,8-9,14-15,18H,3,6-7,10-11H2,1-2H3. The molecule has 21 heavy (non-hydrogen) atoms. The van der Waals surface area contributed by atoms with Gasteiger partial charge in [0.05, 0.1) is 5.92 Å². The van der Waals surface area contributed by atoms with Crippen molar-refractivity contribution >= 4 is 0 Å². The highest BCUT2D eigenvalue weighted by Gasteiger charge is 2.30. The van der Waals surface area contributed by atoms with Crippen molar-refractivity contribution in [1.29, 1.82) is 0 Å². The molecule has 4 heteroatoms. The SMILES string of the molecule is CCNC1CCCCC1c1nc(-c2ccccc2C)no1. The summed E-state index contributed by atoms with van der Waals surface area (Å²) in [6, 6.07) is 8.64. The lowest BCUT2D eigenvalue weighted by Gasteiger charge is -2.29. The second kappa shape index (κ2) is 6.39. The van der Waals surface area contributed by atoms with E-state index in [2.05, 4.69) is 35.4 Å². The van der Waals surface area contributed by atoms with Crippen LogP contribution in [0.5, 0.6) is 0 Å². The molecule has 1 aromatic heterocycles. The first-order chi connectivity index (χ1) is 10.3. The molecule has 1 heterocycles. The van der Waals surface area contributed by atoms with Crippen LogP contribution in [-0.4, -0.2) is 22.7 Å². The number of hydrogen-bond donors (Lipinski definition) is 1. The van der Waals surface area contributed by atoms with Crippen molar-refractivity contribution in [3.8, 4) is 11.4 Å². The Kier molecular flexibility index (Phi) is 4.34. The summed E-state index contributed by atoms with van der Waals surface area (Å²) in [5.41, 5.74) is 2.24. The van der Waals surface area contributed by atoms with Gasteiger partial charge in [-0.2, -0.15) is 4.98 Å². The third-order valence-electron chi connectivity index (χ3n) is 4.38. The van der Waals surface area contributed by atoms with Crippen molar-refractivity contribution in [2.45, 2.75) is 51.5 Å². The molecular weight excluding hydrogens is 262 g/mol. The van der Waals surface area contributed by atoms with Gasteiger partial charge in [-0.05, 0) is 31.9 Å². The molecule has 1 aliphatic carbocycles. The molecule has 0 radical (unpaired) electrons. The molecule has 2 atom stereocenters. The Morgan fingerprint density at radius 2 is 2.05 bits per heavy atom. The minimum absolute atomic E-state index is 0.351. The molecule has 1 N–H and O–H groups in total. The van der Waals surface area contributed by atoms with Crippen molar-refractivity contribution < 1.29 is 4.52 Å². The van der Waals surface area contributed by atoms with E-state index >= 15 is 0 Å². The smallest absolute Gasteiger partial charge is 0.231 e. The summed E-state index contributed by atoms with van der Waals surface area (Å²) >= 11 is 0. The molecule has 0 saturated heterocycles. The van der Waals surface area contributed by atoms with Crippen LogP contribution in [0, 0.1) is 6.92 Å². The number of rotatable bonds is 4. The maximum atomic E-state index is 5.59. The Balaban J connectivity index is 1.85. The number of benzene rings is 1. The molecule has 4 nitrogen and oxygen atoms in total. The molecular formula is C17H23N3O. The molecule has 1 aromatic carbocycles. The van der Waals surface area contributed by atoms with E-state index in [4.69, 9.17) is 4.52 Å². The second-order valence-corrected chi connectivity index (χ2v) is 5.83. The first-order valence-corrected chi connectivity index (χ1v) is 7.92. The van der Waals surface area contributed by atoms with Gasteiger partial charge in [0.15, 0.2) is 0 Å². The average Bonchev–Trinajstić information content (AvgIpc) is 2.98. The maximum absolute atomic E-state index is 5.59. The minimum atomic E-state index is 0.351. The van der Waals surface area contributed by atoms with Crippen molar-refractivity contribution in [3.05, 3.63) is 35.7 Å². The van der Waals surface area contributed by atoms with E-state index < -0.39 is 0 Å². The normalized spacial score (nSPS) is 22.4. The first-order valence-electron chi connectivity index (χ1n) is 7.92. The van der Waals surface area contributed by atoms with Crippen LogP contribution in [0.3, 0.4) is 0 Å². The zero-order valence-electron chi connectivity index (χ0n) is 12.8. The van der Waals surface area contributed by atoms with E-state index in [-0.39, 0.29) is 0 Å². The summed E-state index contributed by atoms with van der Waals surface area (Å²) in [6.45, 7) is 5.21. The van der Waals surface area contributed by atoms with E-state index in [1.165, 1.54) is 24.8 Å². The highest BCUT2D eigenvalue weighted by atomic mass is 16.5. The zero-order chi connectivity index (χ0) is 14.7. The van der Waals surface area contributed by atoms with Crippen molar-refractivity contribution in [2.75, 3.05) is 6.54 Å². The Morgan fingerprint density at radius 3 is 2.86 bits per heavy atom. The van der Waals surface area contributed by atoms with Crippen LogP contribution < -0.4 is 5.32 Å². The summed E-state index contributed by atoms with van der Waals surface area (Å²) in [5.74, 6) is 1.85. The van der Waals surface area contributed by atoms with Gasteiger partial charge in [-0.3, -0.25) is 0 Å². The Bertz CT molecular complexity index is 591. The number of hydrogen-bond acceptors (Lipinski definition) is 4. The van der Waals surface area contributed by atoms with Crippen molar-refractivity contribution in [3.63, 3.8) is 0 Å². The fourth-order valence-corrected chi connectivity index (χ4v) is 3.25. The van der Waals surface area contributed by atoms with Crippen molar-refractivity contribution in [2.24, 2.45) is 0 Å². The van der Waals surface area contributed by atoms with Crippen LogP contribution in [0.15, 0.2) is 28.8 Å². The Morgan fingerprint density at radius 1 is 1.24 bits per heavy atom. The number of likely N-dealkylation sites (N-methyl/N-ethyl adjacent to an activating group) is 1. The molecule has 1 aliphatic rings. The lowest BCUT2D eigenvalue weighted by Crippen LogP contribution is -2.37. The molecule has 1 saturated carbocycles. The Hall–Kier alpha value is -1.68. The number of nitrogens with one attached hydrogen (secondary N) is 1. The van der Waals surface area contributed by atoms with Gasteiger partial charge < -0.3 is 9.84 Å². The number of nitrogens with zero attached hydrogens (tertiary/aromatic N) is 2. The van der Waals surface area contributed by atoms with E-state index in [0.29, 0.717) is 17.8 Å². The first kappa shape index (κ1) is 14.3. The minimum Gasteiger partial charge on any atom is -0.339 e. The van der Waals surface area contributed by atoms with E-state index in [1.807, 2.05) is 18.2 Å². The molecule has 112 valence electrons. The lowest BCUT2D eigenvalue weighted by atomic mass is 9.84. The predicted molar refractivity (Wildman–Crippen MR) is 83.1 cm³/mol. The molecule has 0 amide bonds. The van der Waals surface area contributed by atoms with Crippen LogP contribution in [-0.2, 0) is 0 Å². The quantitative estimate of drug-likeness (QED) is 0.931. The number of aromatic nitrogens is 2. The summed E-state index contributed by atoms with van der Waals surface area (Å²) in [7, 11) is 0. The monoisotopic (exact) mass is 285 g/mol. The molecule has 2 aromatic rings. The van der Waals surface area contributed by atoms with Crippen LogP contribution in [0.2, 0.25) is 0 Å². The largest absolute Gasteiger partial charge is 0.339 e. The fraction of sp³-hybridized carbons (Fsp3) is 0.529. The van der Waals surface area contributed by atoms with Gasteiger partial charge >= 0.3 is 0 Å². The predicted octanol–water partition coefficient (Wildman–Crippen LogP) is 3.68. The van der Waals surface area contributed by atoms with Gasteiger partial charge in [0.25, 0.3) is 0 Å². The third-order valence-corrected chi connectivity index (χ3v) is 4.38. The van der Waals surface area contributed by atoms with Gasteiger partial charge in [0.1, 0.15) is 0 Å². The molecule has 3 rings (SSSR count). The average molecular weight is 285 g/mol. The van der Waals surface area contributed by atoms with Gasteiger partial charge in [-0.15, -0.1) is 0 Å². The Labute approximate surface area is 126 Å². The fourth-order valence-electron chi connectivity index (χ4n) is 3.25. The summed E-state index contributed by atoms with van der Waals surface area (Å²) < 4.78 is 5.59. The molecule has 0 bridgehead atoms. The molecule has 0 spiro atoms. The summed E-state index contributed by atoms with van der Waals surface area (Å²) in [5, 5.41) is 7.77. The van der Waals surface area contributed by atoms with Gasteiger partial charge in [-0.1, -0.05) is 49.2 Å². The van der Waals surface area contributed by atoms with Gasteiger partial charge in [0.2, 0.25) is 11.7 Å². The summed E-state index contributed by atoms with van der Waals surface area (Å²) in [6.07, 6.45) is 4.86. The highest BCUT2D eigenvalue weighted by molar-refractivity contribution is 5.59. The second-order valence-electron chi connectivity index (χ2n) is 5.83. The molecule has 1 fully saturated rings. The molecule has 2 unspecified atom stereocenters. The van der Waals surface area contributed by atoms with Crippen LogP contribution in [0.4, 0.5) is 0 Å². The van der Waals surface area contributed by atoms with Gasteiger partial charge in [0, 0.05) is 11.6 Å². The highest BCUT2D eigenvalue weighted by Crippen LogP contribution is 2.33. The maximum Gasteiger partial charge on any atom is 0.231 e. The van der Waals surface area contributed by atoms with Crippen LogP contribution in [0.25, 0.3) is 11.4 Å². The number of aryl methyl sites for hydroxylation is 1. The van der Waals surface area contributed by atoms with E-state index in [9.17, 15) is 0 Å². The van der Waals surface area contributed by atoms with Crippen LogP contribution >= 0.6 is 0 Å². The van der Waals surface area contributed by atoms with E-state index in [1.54, 1.807) is 0 Å². The van der Waals surface area contributed by atoms with Gasteiger partial charge in [-0.25, -0.2) is 0 Å². The lowest BCUT2D eigenvalue weighted by molar-refractivity contribution is 0.265. The van der Waals surface area contributed by atoms with Crippen molar-refractivity contribution in [1.82, 2.24) is 15.5 Å².